The topological polar surface area (TPSA) is 72.2 Å². The lowest BCUT2D eigenvalue weighted by Gasteiger charge is -2.23. The minimum Gasteiger partial charge on any atom is -0.349 e. The molecule has 1 rings (SSSR count). The molecular weight excluding hydrogens is 374 g/mol. The van der Waals surface area contributed by atoms with E-state index in [9.17, 15) is 18.4 Å². The molecular formula is C23H36F2N2O2. The predicted molar refractivity (Wildman–Crippen MR) is 113 cm³/mol. The summed E-state index contributed by atoms with van der Waals surface area (Å²) in [6.45, 7) is 6.64. The van der Waals surface area contributed by atoms with Crippen molar-refractivity contribution in [2.24, 2.45) is 23.5 Å². The second-order valence-corrected chi connectivity index (χ2v) is 8.73. The van der Waals surface area contributed by atoms with Gasteiger partial charge in [0.25, 0.3) is 0 Å². The summed E-state index contributed by atoms with van der Waals surface area (Å²) in [5.74, 6) is -5.43. The molecule has 3 N–H and O–H groups in total. The Morgan fingerprint density at radius 2 is 1.62 bits per heavy atom. The van der Waals surface area contributed by atoms with Crippen molar-refractivity contribution in [2.45, 2.75) is 71.8 Å². The van der Waals surface area contributed by atoms with Crippen LogP contribution in [0.3, 0.4) is 0 Å². The van der Waals surface area contributed by atoms with Crippen molar-refractivity contribution < 1.29 is 18.4 Å². The minimum absolute atomic E-state index is 0.0411. The van der Waals surface area contributed by atoms with Gasteiger partial charge in [-0.3, -0.25) is 9.59 Å². The van der Waals surface area contributed by atoms with Gasteiger partial charge in [0.1, 0.15) is 0 Å². The van der Waals surface area contributed by atoms with E-state index in [0.717, 1.165) is 12.8 Å². The molecule has 0 spiro atoms. The molecule has 0 aliphatic carbocycles. The Morgan fingerprint density at radius 3 is 2.17 bits per heavy atom. The molecule has 1 aromatic carbocycles. The predicted octanol–water partition coefficient (Wildman–Crippen LogP) is 4.37. The van der Waals surface area contributed by atoms with Crippen molar-refractivity contribution in [3.05, 3.63) is 35.9 Å². The number of hydrogen-bond acceptors (Lipinski definition) is 3. The monoisotopic (exact) mass is 410 g/mol. The third-order valence-electron chi connectivity index (χ3n) is 4.89. The van der Waals surface area contributed by atoms with Crippen molar-refractivity contribution in [3.8, 4) is 0 Å². The van der Waals surface area contributed by atoms with E-state index in [-0.39, 0.29) is 24.2 Å². The molecule has 0 bridgehead atoms. The minimum atomic E-state index is -3.66. The average molecular weight is 411 g/mol. The smallest absolute Gasteiger partial charge is 0.323 e. The number of ketones is 1. The zero-order chi connectivity index (χ0) is 22.0. The summed E-state index contributed by atoms with van der Waals surface area (Å²) < 4.78 is 28.5. The fourth-order valence-corrected chi connectivity index (χ4v) is 3.44. The summed E-state index contributed by atoms with van der Waals surface area (Å²) in [5, 5.41) is 2.30. The van der Waals surface area contributed by atoms with Crippen LogP contribution in [0.5, 0.6) is 0 Å². The van der Waals surface area contributed by atoms with Crippen LogP contribution in [0.4, 0.5) is 8.78 Å². The van der Waals surface area contributed by atoms with Gasteiger partial charge >= 0.3 is 5.92 Å². The van der Waals surface area contributed by atoms with E-state index in [2.05, 4.69) is 5.32 Å². The number of amides is 1. The van der Waals surface area contributed by atoms with Crippen LogP contribution >= 0.6 is 0 Å². The van der Waals surface area contributed by atoms with Crippen LogP contribution in [0.15, 0.2) is 30.3 Å². The first kappa shape index (κ1) is 25.2. The van der Waals surface area contributed by atoms with E-state index in [4.69, 9.17) is 5.73 Å². The molecule has 0 aliphatic heterocycles. The maximum Gasteiger partial charge on any atom is 0.323 e. The van der Waals surface area contributed by atoms with Gasteiger partial charge in [-0.25, -0.2) is 0 Å². The van der Waals surface area contributed by atoms with Crippen LogP contribution in [0.25, 0.3) is 0 Å². The number of carbonyl (C=O) groups excluding carboxylic acids is 2. The Kier molecular flexibility index (Phi) is 10.4. The molecule has 0 aliphatic rings. The van der Waals surface area contributed by atoms with E-state index in [1.54, 1.807) is 0 Å². The molecule has 0 saturated carbocycles. The fraction of sp³-hybridized carbons (Fsp3) is 0.652. The van der Waals surface area contributed by atoms with Crippen molar-refractivity contribution >= 4 is 11.7 Å². The Labute approximate surface area is 173 Å². The zero-order valence-corrected chi connectivity index (χ0v) is 18.1. The zero-order valence-electron chi connectivity index (χ0n) is 18.1. The molecule has 1 amide bonds. The van der Waals surface area contributed by atoms with Crippen molar-refractivity contribution in [3.63, 3.8) is 0 Å². The number of hydrogen-bond donors (Lipinski definition) is 2. The van der Waals surface area contributed by atoms with Crippen LogP contribution in [-0.2, 0) is 16.0 Å². The molecule has 164 valence electrons. The van der Waals surface area contributed by atoms with Gasteiger partial charge in [-0.1, -0.05) is 58.0 Å². The molecule has 0 aromatic heterocycles. The molecule has 4 nitrogen and oxygen atoms in total. The van der Waals surface area contributed by atoms with E-state index < -0.39 is 30.2 Å². The highest BCUT2D eigenvalue weighted by molar-refractivity contribution is 5.91. The number of halogens is 2. The molecule has 29 heavy (non-hydrogen) atoms. The van der Waals surface area contributed by atoms with Crippen molar-refractivity contribution in [2.75, 3.05) is 6.54 Å². The van der Waals surface area contributed by atoms with Crippen LogP contribution in [-0.4, -0.2) is 30.2 Å². The number of rotatable bonds is 13. The first-order valence-corrected chi connectivity index (χ1v) is 10.5. The van der Waals surface area contributed by atoms with Gasteiger partial charge in [-0.2, -0.15) is 8.78 Å². The highest BCUT2D eigenvalue weighted by atomic mass is 19.3. The number of aryl methyl sites for hydroxylation is 1. The Morgan fingerprint density at radius 1 is 1.03 bits per heavy atom. The van der Waals surface area contributed by atoms with Gasteiger partial charge in [-0.05, 0) is 49.5 Å². The van der Waals surface area contributed by atoms with Gasteiger partial charge in [-0.15, -0.1) is 0 Å². The van der Waals surface area contributed by atoms with Gasteiger partial charge in [0.15, 0.2) is 0 Å². The van der Waals surface area contributed by atoms with Crippen LogP contribution in [0.2, 0.25) is 0 Å². The van der Waals surface area contributed by atoms with Gasteiger partial charge < -0.3 is 11.1 Å². The molecule has 2 unspecified atom stereocenters. The number of benzene rings is 1. The molecule has 1 aromatic rings. The van der Waals surface area contributed by atoms with Gasteiger partial charge in [0.05, 0.1) is 12.6 Å². The van der Waals surface area contributed by atoms with Crippen molar-refractivity contribution in [1.82, 2.24) is 5.32 Å². The van der Waals surface area contributed by atoms with E-state index in [1.165, 1.54) is 5.56 Å². The van der Waals surface area contributed by atoms with E-state index >= 15 is 0 Å². The van der Waals surface area contributed by atoms with Crippen LogP contribution in [0.1, 0.15) is 58.9 Å². The normalized spacial score (nSPS) is 14.1. The van der Waals surface area contributed by atoms with Gasteiger partial charge in [0.2, 0.25) is 11.7 Å². The summed E-state index contributed by atoms with van der Waals surface area (Å²) in [4.78, 5) is 24.5. The van der Waals surface area contributed by atoms with Crippen LogP contribution < -0.4 is 11.1 Å². The van der Waals surface area contributed by atoms with E-state index in [1.807, 2.05) is 58.0 Å². The summed E-state index contributed by atoms with van der Waals surface area (Å²) in [5.41, 5.74) is 6.80. The summed E-state index contributed by atoms with van der Waals surface area (Å²) in [7, 11) is 0. The van der Waals surface area contributed by atoms with Crippen LogP contribution in [0, 0.1) is 17.8 Å². The number of nitrogens with one attached hydrogen (secondary N) is 1. The first-order valence-electron chi connectivity index (χ1n) is 10.5. The second-order valence-electron chi connectivity index (χ2n) is 8.73. The van der Waals surface area contributed by atoms with Crippen molar-refractivity contribution in [1.29, 1.82) is 0 Å². The fourth-order valence-electron chi connectivity index (χ4n) is 3.44. The SMILES string of the molecule is CC(C)CC(N)C(=O)C(F)(F)CNC(=O)C(CCCc1ccccc1)CC(C)C. The summed E-state index contributed by atoms with van der Waals surface area (Å²) in [6.07, 6.45) is 3.06. The number of alkyl halides is 2. The maximum absolute atomic E-state index is 14.2. The lowest BCUT2D eigenvalue weighted by Crippen LogP contribution is -2.50. The quantitative estimate of drug-likeness (QED) is 0.507. The average Bonchev–Trinajstić information content (AvgIpc) is 2.64. The third kappa shape index (κ3) is 9.48. The molecule has 0 radical (unpaired) electrons. The number of nitrogens with two attached hydrogens (primary N) is 1. The molecule has 0 saturated heterocycles. The number of Topliss-reactive ketones (excluding diaryl/α,β-unsaturated/α-hetero) is 1. The molecule has 0 heterocycles. The standard InChI is InChI=1S/C23H36F2N2O2/c1-16(2)13-19(12-8-11-18-9-6-5-7-10-18)22(29)27-15-23(24,25)21(28)20(26)14-17(3)4/h5-7,9-10,16-17,19-20H,8,11-15,26H2,1-4H3,(H,27,29). The van der Waals surface area contributed by atoms with E-state index in [0.29, 0.717) is 12.8 Å². The summed E-state index contributed by atoms with van der Waals surface area (Å²) >= 11 is 0. The lowest BCUT2D eigenvalue weighted by molar-refractivity contribution is -0.145. The Bertz CT molecular complexity index is 633. The largest absolute Gasteiger partial charge is 0.349 e. The number of carbonyl (C=O) groups is 2. The Balaban J connectivity index is 2.61. The second kappa shape index (κ2) is 12.0. The third-order valence-corrected chi connectivity index (χ3v) is 4.89. The first-order chi connectivity index (χ1) is 13.5. The molecule has 0 fully saturated rings. The molecule has 6 heteroatoms. The van der Waals surface area contributed by atoms with Gasteiger partial charge in [0, 0.05) is 5.92 Å². The Hall–Kier alpha value is -1.82. The highest BCUT2D eigenvalue weighted by Gasteiger charge is 2.42. The lowest BCUT2D eigenvalue weighted by atomic mass is 9.90. The summed E-state index contributed by atoms with van der Waals surface area (Å²) in [6, 6.07) is 8.73. The maximum atomic E-state index is 14.2. The highest BCUT2D eigenvalue weighted by Crippen LogP contribution is 2.21. The molecule has 2 atom stereocenters.